The van der Waals surface area contributed by atoms with Crippen LogP contribution in [-0.2, 0) is 22.4 Å². The van der Waals surface area contributed by atoms with E-state index in [1.165, 1.54) is 28.8 Å². The number of fused-ring (bicyclic) bond motifs is 1. The van der Waals surface area contributed by atoms with Crippen molar-refractivity contribution in [3.05, 3.63) is 16.0 Å². The lowest BCUT2D eigenvalue weighted by Crippen LogP contribution is -2.28. The van der Waals surface area contributed by atoms with E-state index in [1.807, 2.05) is 0 Å². The van der Waals surface area contributed by atoms with Crippen LogP contribution >= 0.6 is 11.3 Å². The molecule has 0 bridgehead atoms. The first-order chi connectivity index (χ1) is 9.15. The molecule has 0 radical (unpaired) electrons. The van der Waals surface area contributed by atoms with Gasteiger partial charge in [0.25, 0.3) is 0 Å². The summed E-state index contributed by atoms with van der Waals surface area (Å²) in [5, 5.41) is 4.01. The van der Waals surface area contributed by atoms with Crippen molar-refractivity contribution in [3.8, 4) is 0 Å². The number of carbonyl (C=O) groups is 1. The summed E-state index contributed by atoms with van der Waals surface area (Å²) in [6.45, 7) is 2.47. The fourth-order valence-corrected chi connectivity index (χ4v) is 3.80. The molecule has 0 aromatic carbocycles. The molecule has 1 aromatic rings. The van der Waals surface area contributed by atoms with Gasteiger partial charge in [-0.25, -0.2) is 0 Å². The van der Waals surface area contributed by atoms with Crippen LogP contribution in [0.15, 0.2) is 0 Å². The second-order valence-corrected chi connectivity index (χ2v) is 6.12. The monoisotopic (exact) mass is 282 g/mol. The third-order valence-corrected chi connectivity index (χ3v) is 5.01. The molecule has 5 heteroatoms. The normalized spacial score (nSPS) is 15.9. The summed E-state index contributed by atoms with van der Waals surface area (Å²) in [4.78, 5) is 13.4. The number of ether oxygens (including phenoxy) is 1. The van der Waals surface area contributed by atoms with Gasteiger partial charge in [0.2, 0.25) is 5.91 Å². The summed E-state index contributed by atoms with van der Waals surface area (Å²) in [5.41, 5.74) is 8.23. The molecule has 0 fully saturated rings. The number of rotatable bonds is 5. The Kier molecular flexibility index (Phi) is 4.96. The molecule has 1 unspecified atom stereocenters. The first kappa shape index (κ1) is 14.5. The molecule has 0 saturated carbocycles. The highest BCUT2D eigenvalue weighted by Crippen LogP contribution is 2.37. The summed E-state index contributed by atoms with van der Waals surface area (Å²) in [6.07, 6.45) is 4.94. The predicted octanol–water partition coefficient (Wildman–Crippen LogP) is 2.24. The molecule has 0 aliphatic heterocycles. The van der Waals surface area contributed by atoms with Gasteiger partial charge in [0.05, 0.1) is 17.5 Å². The lowest BCUT2D eigenvalue weighted by atomic mass is 9.96. The van der Waals surface area contributed by atoms with Gasteiger partial charge < -0.3 is 15.8 Å². The Morgan fingerprint density at radius 2 is 2.21 bits per heavy atom. The highest BCUT2D eigenvalue weighted by Gasteiger charge is 2.20. The summed E-state index contributed by atoms with van der Waals surface area (Å²) in [5.74, 6) is -0.0148. The Hall–Kier alpha value is -0.910. The molecule has 0 spiro atoms. The van der Waals surface area contributed by atoms with E-state index in [9.17, 15) is 4.79 Å². The zero-order valence-electron chi connectivity index (χ0n) is 11.6. The van der Waals surface area contributed by atoms with Crippen molar-refractivity contribution in [2.75, 3.05) is 19.0 Å². The van der Waals surface area contributed by atoms with Crippen LogP contribution in [-0.4, -0.2) is 25.7 Å². The van der Waals surface area contributed by atoms with Gasteiger partial charge in [0, 0.05) is 18.5 Å². The number of hydrogen-bond donors (Lipinski definition) is 2. The number of anilines is 1. The Morgan fingerprint density at radius 1 is 1.47 bits per heavy atom. The molecule has 19 heavy (non-hydrogen) atoms. The fourth-order valence-electron chi connectivity index (χ4n) is 2.49. The molecule has 3 N–H and O–H groups in total. The minimum absolute atomic E-state index is 0.0148. The second-order valence-electron chi connectivity index (χ2n) is 5.01. The molecule has 2 rings (SSSR count). The average Bonchev–Trinajstić information content (AvgIpc) is 2.73. The molecule has 1 amide bonds. The zero-order valence-corrected chi connectivity index (χ0v) is 12.4. The van der Waals surface area contributed by atoms with Crippen molar-refractivity contribution in [3.63, 3.8) is 0 Å². The van der Waals surface area contributed by atoms with Crippen LogP contribution in [0.2, 0.25) is 0 Å². The molecule has 1 atom stereocenters. The van der Waals surface area contributed by atoms with E-state index in [-0.39, 0.29) is 12.0 Å². The van der Waals surface area contributed by atoms with Gasteiger partial charge in [-0.15, -0.1) is 11.3 Å². The first-order valence-electron chi connectivity index (χ1n) is 6.79. The molecule has 1 heterocycles. The van der Waals surface area contributed by atoms with Crippen LogP contribution in [0.1, 0.15) is 35.3 Å². The number of methoxy groups -OCH3 is 1. The van der Waals surface area contributed by atoms with Crippen molar-refractivity contribution >= 4 is 22.2 Å². The van der Waals surface area contributed by atoms with Gasteiger partial charge in [0.1, 0.15) is 0 Å². The Labute approximate surface area is 118 Å². The van der Waals surface area contributed by atoms with E-state index in [0.29, 0.717) is 13.0 Å². The first-order valence-corrected chi connectivity index (χ1v) is 7.61. The maximum atomic E-state index is 12.0. The molecule has 1 aromatic heterocycles. The molecule has 4 nitrogen and oxygen atoms in total. The SMILES string of the molecule is COC(CN)CC(=O)Nc1sc2c(c1C)CCCC2. The van der Waals surface area contributed by atoms with Crippen LogP contribution in [0.25, 0.3) is 0 Å². The quantitative estimate of drug-likeness (QED) is 0.870. The number of aryl methyl sites for hydroxylation is 1. The molecule has 1 aliphatic carbocycles. The van der Waals surface area contributed by atoms with Gasteiger partial charge in [-0.2, -0.15) is 0 Å². The number of carbonyl (C=O) groups excluding carboxylic acids is 1. The van der Waals surface area contributed by atoms with Gasteiger partial charge in [-0.1, -0.05) is 0 Å². The number of thiophene rings is 1. The van der Waals surface area contributed by atoms with Crippen LogP contribution in [0.5, 0.6) is 0 Å². The van der Waals surface area contributed by atoms with E-state index in [4.69, 9.17) is 10.5 Å². The molecule has 106 valence electrons. The predicted molar refractivity (Wildman–Crippen MR) is 78.8 cm³/mol. The van der Waals surface area contributed by atoms with Crippen molar-refractivity contribution in [1.82, 2.24) is 0 Å². The Morgan fingerprint density at radius 3 is 2.84 bits per heavy atom. The Balaban J connectivity index is 2.03. The van der Waals surface area contributed by atoms with Gasteiger partial charge in [0.15, 0.2) is 0 Å². The highest BCUT2D eigenvalue weighted by molar-refractivity contribution is 7.16. The van der Waals surface area contributed by atoms with Crippen LogP contribution in [0, 0.1) is 6.92 Å². The maximum Gasteiger partial charge on any atom is 0.227 e. The van der Waals surface area contributed by atoms with E-state index < -0.39 is 0 Å². The van der Waals surface area contributed by atoms with Crippen LogP contribution in [0.4, 0.5) is 5.00 Å². The van der Waals surface area contributed by atoms with E-state index >= 15 is 0 Å². The standard InChI is InChI=1S/C14H22N2O2S/c1-9-11-5-3-4-6-12(11)19-14(9)16-13(17)7-10(8-15)18-2/h10H,3-8,15H2,1-2H3,(H,16,17). The smallest absolute Gasteiger partial charge is 0.227 e. The number of nitrogens with one attached hydrogen (secondary N) is 1. The van der Waals surface area contributed by atoms with Crippen molar-refractivity contribution in [2.24, 2.45) is 5.73 Å². The number of amides is 1. The van der Waals surface area contributed by atoms with Crippen LogP contribution < -0.4 is 11.1 Å². The van der Waals surface area contributed by atoms with E-state index in [1.54, 1.807) is 18.4 Å². The Bertz CT molecular complexity index is 453. The molecular weight excluding hydrogens is 260 g/mol. The molecule has 0 saturated heterocycles. The minimum Gasteiger partial charge on any atom is -0.380 e. The van der Waals surface area contributed by atoms with Gasteiger partial charge in [-0.05, 0) is 43.7 Å². The molecule has 1 aliphatic rings. The highest BCUT2D eigenvalue weighted by atomic mass is 32.1. The van der Waals surface area contributed by atoms with Crippen LogP contribution in [0.3, 0.4) is 0 Å². The molecular formula is C14H22N2O2S. The number of hydrogen-bond acceptors (Lipinski definition) is 4. The largest absolute Gasteiger partial charge is 0.380 e. The van der Waals surface area contributed by atoms with Gasteiger partial charge in [-0.3, -0.25) is 4.79 Å². The fraction of sp³-hybridized carbons (Fsp3) is 0.643. The van der Waals surface area contributed by atoms with Crippen molar-refractivity contribution in [1.29, 1.82) is 0 Å². The summed E-state index contributed by atoms with van der Waals surface area (Å²) in [6, 6.07) is 0. The van der Waals surface area contributed by atoms with E-state index in [0.717, 1.165) is 17.8 Å². The van der Waals surface area contributed by atoms with E-state index in [2.05, 4.69) is 12.2 Å². The topological polar surface area (TPSA) is 64.3 Å². The third-order valence-electron chi connectivity index (χ3n) is 3.70. The second kappa shape index (κ2) is 6.50. The third kappa shape index (κ3) is 3.35. The summed E-state index contributed by atoms with van der Waals surface area (Å²) in [7, 11) is 1.58. The zero-order chi connectivity index (χ0) is 13.8. The number of nitrogens with two attached hydrogens (primary N) is 1. The summed E-state index contributed by atoms with van der Waals surface area (Å²) < 4.78 is 5.14. The van der Waals surface area contributed by atoms with Crippen molar-refractivity contribution < 1.29 is 9.53 Å². The lowest BCUT2D eigenvalue weighted by molar-refractivity contribution is -0.118. The minimum atomic E-state index is -0.199. The lowest BCUT2D eigenvalue weighted by Gasteiger charge is -2.12. The van der Waals surface area contributed by atoms with Gasteiger partial charge >= 0.3 is 0 Å². The summed E-state index contributed by atoms with van der Waals surface area (Å²) >= 11 is 1.73. The maximum absolute atomic E-state index is 12.0. The van der Waals surface area contributed by atoms with Crippen molar-refractivity contribution in [2.45, 2.75) is 45.1 Å². The average molecular weight is 282 g/mol.